The number of hydrogen-bond acceptors (Lipinski definition) is 1. The third-order valence-electron chi connectivity index (χ3n) is 3.71. The number of hydrogen-bond donors (Lipinski definition) is 0. The molecule has 2 nitrogen and oxygen atoms in total. The van der Waals surface area contributed by atoms with Crippen molar-refractivity contribution in [2.45, 2.75) is 59.3 Å². The van der Waals surface area contributed by atoms with E-state index < -0.39 is 0 Å². The van der Waals surface area contributed by atoms with E-state index in [9.17, 15) is 4.79 Å². The van der Waals surface area contributed by atoms with Gasteiger partial charge in [-0.2, -0.15) is 0 Å². The molecule has 16 heavy (non-hydrogen) atoms. The Morgan fingerprint density at radius 1 is 1.38 bits per heavy atom. The lowest BCUT2D eigenvalue weighted by atomic mass is 9.91. The minimum atomic E-state index is 0.369. The van der Waals surface area contributed by atoms with E-state index in [1.165, 1.54) is 32.1 Å². The van der Waals surface area contributed by atoms with E-state index in [-0.39, 0.29) is 0 Å². The standard InChI is InChI=1S/C14H27NO/c1-4-6-7-8-12(3)9-13-10-14(16)15(5-2)11-13/h12-13H,4-11H2,1-3H3. The highest BCUT2D eigenvalue weighted by Crippen LogP contribution is 2.26. The number of likely N-dealkylation sites (tertiary alicyclic amines) is 1. The summed E-state index contributed by atoms with van der Waals surface area (Å²) >= 11 is 0. The molecule has 0 N–H and O–H groups in total. The molecule has 2 atom stereocenters. The predicted molar refractivity (Wildman–Crippen MR) is 68.3 cm³/mol. The van der Waals surface area contributed by atoms with Crippen LogP contribution in [0.2, 0.25) is 0 Å². The molecule has 2 unspecified atom stereocenters. The molecule has 0 aromatic rings. The van der Waals surface area contributed by atoms with E-state index in [4.69, 9.17) is 0 Å². The summed E-state index contributed by atoms with van der Waals surface area (Å²) in [6, 6.07) is 0. The average Bonchev–Trinajstić information content (AvgIpc) is 2.59. The van der Waals surface area contributed by atoms with Gasteiger partial charge in [-0.05, 0) is 25.2 Å². The topological polar surface area (TPSA) is 20.3 Å². The zero-order valence-corrected chi connectivity index (χ0v) is 11.2. The molecule has 0 spiro atoms. The van der Waals surface area contributed by atoms with Crippen molar-refractivity contribution in [2.24, 2.45) is 11.8 Å². The van der Waals surface area contributed by atoms with E-state index in [0.29, 0.717) is 11.8 Å². The lowest BCUT2D eigenvalue weighted by Gasteiger charge is -2.17. The summed E-state index contributed by atoms with van der Waals surface area (Å²) in [6.07, 6.45) is 7.39. The first-order valence-corrected chi connectivity index (χ1v) is 6.95. The van der Waals surface area contributed by atoms with E-state index in [1.807, 2.05) is 4.90 Å². The summed E-state index contributed by atoms with van der Waals surface area (Å²) in [5.74, 6) is 1.79. The van der Waals surface area contributed by atoms with Crippen LogP contribution in [-0.2, 0) is 4.79 Å². The Balaban J connectivity index is 2.20. The monoisotopic (exact) mass is 225 g/mol. The van der Waals surface area contributed by atoms with Crippen molar-refractivity contribution in [3.63, 3.8) is 0 Å². The first-order valence-electron chi connectivity index (χ1n) is 6.95. The van der Waals surface area contributed by atoms with Gasteiger partial charge in [-0.15, -0.1) is 0 Å². The molecular formula is C14H27NO. The summed E-state index contributed by atoms with van der Waals surface area (Å²) in [5.41, 5.74) is 0. The molecule has 0 radical (unpaired) electrons. The molecule has 2 heteroatoms. The van der Waals surface area contributed by atoms with Crippen LogP contribution in [0.25, 0.3) is 0 Å². The summed E-state index contributed by atoms with van der Waals surface area (Å²) in [5, 5.41) is 0. The minimum absolute atomic E-state index is 0.369. The molecule has 1 fully saturated rings. The number of rotatable bonds is 7. The molecule has 0 saturated carbocycles. The molecule has 94 valence electrons. The third kappa shape index (κ3) is 4.15. The van der Waals surface area contributed by atoms with Crippen molar-refractivity contribution < 1.29 is 4.79 Å². The molecule has 1 heterocycles. The van der Waals surface area contributed by atoms with E-state index in [0.717, 1.165) is 25.4 Å². The Hall–Kier alpha value is -0.530. The van der Waals surface area contributed by atoms with Crippen molar-refractivity contribution in [2.75, 3.05) is 13.1 Å². The van der Waals surface area contributed by atoms with Crippen molar-refractivity contribution in [1.29, 1.82) is 0 Å². The zero-order chi connectivity index (χ0) is 12.0. The molecule has 1 saturated heterocycles. The van der Waals surface area contributed by atoms with Crippen molar-refractivity contribution >= 4 is 5.91 Å². The highest BCUT2D eigenvalue weighted by Gasteiger charge is 2.28. The van der Waals surface area contributed by atoms with Crippen LogP contribution in [0.4, 0.5) is 0 Å². The predicted octanol–water partition coefficient (Wildman–Crippen LogP) is 3.46. The van der Waals surface area contributed by atoms with E-state index >= 15 is 0 Å². The molecule has 1 aliphatic heterocycles. The maximum absolute atomic E-state index is 11.6. The number of carbonyl (C=O) groups excluding carboxylic acids is 1. The van der Waals surface area contributed by atoms with Gasteiger partial charge in [-0.1, -0.05) is 39.5 Å². The number of unbranched alkanes of at least 4 members (excludes halogenated alkanes) is 2. The van der Waals surface area contributed by atoms with Gasteiger partial charge in [0.25, 0.3) is 0 Å². The van der Waals surface area contributed by atoms with Crippen molar-refractivity contribution in [3.8, 4) is 0 Å². The summed E-state index contributed by atoms with van der Waals surface area (Å²) in [4.78, 5) is 13.6. The second-order valence-electron chi connectivity index (χ2n) is 5.34. The summed E-state index contributed by atoms with van der Waals surface area (Å²) < 4.78 is 0. The summed E-state index contributed by atoms with van der Waals surface area (Å²) in [6.45, 7) is 8.56. The Bertz CT molecular complexity index is 215. The molecule has 0 aromatic heterocycles. The van der Waals surface area contributed by atoms with Gasteiger partial charge in [-0.25, -0.2) is 0 Å². The van der Waals surface area contributed by atoms with Crippen molar-refractivity contribution in [3.05, 3.63) is 0 Å². The molecular weight excluding hydrogens is 198 g/mol. The van der Waals surface area contributed by atoms with Crippen LogP contribution in [0.1, 0.15) is 59.3 Å². The summed E-state index contributed by atoms with van der Waals surface area (Å²) in [7, 11) is 0. The molecule has 0 bridgehead atoms. The first kappa shape index (κ1) is 13.5. The number of carbonyl (C=O) groups is 1. The van der Waals surface area contributed by atoms with Crippen molar-refractivity contribution in [1.82, 2.24) is 4.90 Å². The lowest BCUT2D eigenvalue weighted by Crippen LogP contribution is -2.24. The van der Waals surface area contributed by atoms with Gasteiger partial charge in [0.05, 0.1) is 0 Å². The first-order chi connectivity index (χ1) is 7.67. The fourth-order valence-electron chi connectivity index (χ4n) is 2.75. The molecule has 1 rings (SSSR count). The maximum Gasteiger partial charge on any atom is 0.222 e. The molecule has 0 aliphatic carbocycles. The molecule has 0 aromatic carbocycles. The van der Waals surface area contributed by atoms with Crippen LogP contribution in [0.5, 0.6) is 0 Å². The third-order valence-corrected chi connectivity index (χ3v) is 3.71. The Labute approximate surface area is 100 Å². The maximum atomic E-state index is 11.6. The fraction of sp³-hybridized carbons (Fsp3) is 0.929. The van der Waals surface area contributed by atoms with Crippen LogP contribution in [-0.4, -0.2) is 23.9 Å². The highest BCUT2D eigenvalue weighted by molar-refractivity contribution is 5.78. The van der Waals surface area contributed by atoms with Crippen LogP contribution in [0.3, 0.4) is 0 Å². The van der Waals surface area contributed by atoms with Crippen LogP contribution < -0.4 is 0 Å². The van der Waals surface area contributed by atoms with Crippen LogP contribution >= 0.6 is 0 Å². The van der Waals surface area contributed by atoms with Gasteiger partial charge in [0, 0.05) is 19.5 Å². The van der Waals surface area contributed by atoms with E-state index in [1.54, 1.807) is 0 Å². The van der Waals surface area contributed by atoms with Gasteiger partial charge in [0.2, 0.25) is 5.91 Å². The van der Waals surface area contributed by atoms with Gasteiger partial charge < -0.3 is 4.90 Å². The van der Waals surface area contributed by atoms with Crippen LogP contribution in [0, 0.1) is 11.8 Å². The molecule has 1 aliphatic rings. The second-order valence-corrected chi connectivity index (χ2v) is 5.34. The number of amides is 1. The average molecular weight is 225 g/mol. The zero-order valence-electron chi connectivity index (χ0n) is 11.2. The van der Waals surface area contributed by atoms with Gasteiger partial charge in [0.1, 0.15) is 0 Å². The quantitative estimate of drug-likeness (QED) is 0.608. The molecule has 1 amide bonds. The largest absolute Gasteiger partial charge is 0.343 e. The SMILES string of the molecule is CCCCCC(C)CC1CC(=O)N(CC)C1. The Kier molecular flexibility index (Phi) is 5.86. The van der Waals surface area contributed by atoms with Gasteiger partial charge in [-0.3, -0.25) is 4.79 Å². The normalized spacial score (nSPS) is 22.8. The minimum Gasteiger partial charge on any atom is -0.343 e. The second kappa shape index (κ2) is 6.93. The smallest absolute Gasteiger partial charge is 0.222 e. The number of nitrogens with zero attached hydrogens (tertiary/aromatic N) is 1. The Morgan fingerprint density at radius 3 is 2.69 bits per heavy atom. The lowest BCUT2D eigenvalue weighted by molar-refractivity contribution is -0.127. The highest BCUT2D eigenvalue weighted by atomic mass is 16.2. The Morgan fingerprint density at radius 2 is 2.12 bits per heavy atom. The van der Waals surface area contributed by atoms with Gasteiger partial charge >= 0.3 is 0 Å². The van der Waals surface area contributed by atoms with E-state index in [2.05, 4.69) is 20.8 Å². The fourth-order valence-corrected chi connectivity index (χ4v) is 2.75. The van der Waals surface area contributed by atoms with Crippen LogP contribution in [0.15, 0.2) is 0 Å². The van der Waals surface area contributed by atoms with Gasteiger partial charge in [0.15, 0.2) is 0 Å².